The SMILES string of the molecule is CCNC1CCN(C(CC)COC)CC1C. The highest BCUT2D eigenvalue weighted by Crippen LogP contribution is 2.20. The molecule has 0 bridgehead atoms. The highest BCUT2D eigenvalue weighted by molar-refractivity contribution is 4.85. The highest BCUT2D eigenvalue weighted by Gasteiger charge is 2.28. The average molecular weight is 228 g/mol. The fraction of sp³-hybridized carbons (Fsp3) is 1.00. The molecule has 1 fully saturated rings. The maximum absolute atomic E-state index is 5.30. The van der Waals surface area contributed by atoms with Gasteiger partial charge in [0.15, 0.2) is 0 Å². The van der Waals surface area contributed by atoms with Gasteiger partial charge in [-0.2, -0.15) is 0 Å². The van der Waals surface area contributed by atoms with Gasteiger partial charge < -0.3 is 10.1 Å². The van der Waals surface area contributed by atoms with Crippen LogP contribution in [0.15, 0.2) is 0 Å². The molecule has 1 aliphatic rings. The van der Waals surface area contributed by atoms with Gasteiger partial charge in [-0.05, 0) is 25.3 Å². The van der Waals surface area contributed by atoms with Crippen LogP contribution in [0.1, 0.15) is 33.6 Å². The third-order valence-electron chi connectivity index (χ3n) is 3.75. The van der Waals surface area contributed by atoms with Crippen molar-refractivity contribution >= 4 is 0 Å². The van der Waals surface area contributed by atoms with Crippen molar-refractivity contribution in [1.29, 1.82) is 0 Å². The molecule has 0 amide bonds. The van der Waals surface area contributed by atoms with Gasteiger partial charge in [-0.25, -0.2) is 0 Å². The van der Waals surface area contributed by atoms with Crippen molar-refractivity contribution < 1.29 is 4.74 Å². The van der Waals surface area contributed by atoms with Gasteiger partial charge >= 0.3 is 0 Å². The van der Waals surface area contributed by atoms with Gasteiger partial charge in [0.25, 0.3) is 0 Å². The average Bonchev–Trinajstić information content (AvgIpc) is 2.29. The molecule has 3 nitrogen and oxygen atoms in total. The molecule has 0 spiro atoms. The van der Waals surface area contributed by atoms with E-state index >= 15 is 0 Å². The highest BCUT2D eigenvalue weighted by atomic mass is 16.5. The standard InChI is InChI=1S/C13H28N2O/c1-5-12(10-16-4)15-8-7-13(14-6-2)11(3)9-15/h11-14H,5-10H2,1-4H3. The largest absolute Gasteiger partial charge is 0.383 e. The van der Waals surface area contributed by atoms with Crippen LogP contribution in [-0.4, -0.2) is 50.3 Å². The summed E-state index contributed by atoms with van der Waals surface area (Å²) in [6.07, 6.45) is 2.46. The van der Waals surface area contributed by atoms with Crippen LogP contribution in [0.4, 0.5) is 0 Å². The maximum atomic E-state index is 5.30. The number of hydrogen-bond donors (Lipinski definition) is 1. The zero-order valence-corrected chi connectivity index (χ0v) is 11.3. The molecule has 1 N–H and O–H groups in total. The van der Waals surface area contributed by atoms with Gasteiger partial charge in [0.1, 0.15) is 0 Å². The van der Waals surface area contributed by atoms with Crippen molar-refractivity contribution in [2.75, 3.05) is 33.4 Å². The summed E-state index contributed by atoms with van der Waals surface area (Å²) in [6.45, 7) is 11.2. The third kappa shape index (κ3) is 3.72. The van der Waals surface area contributed by atoms with E-state index in [0.717, 1.165) is 19.1 Å². The monoisotopic (exact) mass is 228 g/mol. The lowest BCUT2D eigenvalue weighted by molar-refractivity contribution is 0.0494. The van der Waals surface area contributed by atoms with Crippen molar-refractivity contribution in [3.8, 4) is 0 Å². The van der Waals surface area contributed by atoms with Gasteiger partial charge in [0, 0.05) is 32.3 Å². The second-order valence-corrected chi connectivity index (χ2v) is 4.94. The quantitative estimate of drug-likeness (QED) is 0.749. The van der Waals surface area contributed by atoms with Crippen LogP contribution in [0, 0.1) is 5.92 Å². The first-order valence-electron chi connectivity index (χ1n) is 6.69. The summed E-state index contributed by atoms with van der Waals surface area (Å²) in [5.74, 6) is 0.750. The minimum atomic E-state index is 0.607. The van der Waals surface area contributed by atoms with E-state index < -0.39 is 0 Å². The van der Waals surface area contributed by atoms with E-state index in [1.165, 1.54) is 25.9 Å². The molecule has 0 aromatic rings. The van der Waals surface area contributed by atoms with Crippen LogP contribution in [0.5, 0.6) is 0 Å². The van der Waals surface area contributed by atoms with E-state index in [0.29, 0.717) is 12.1 Å². The molecule has 0 aliphatic carbocycles. The first-order valence-corrected chi connectivity index (χ1v) is 6.69. The molecular formula is C13H28N2O. The predicted octanol–water partition coefficient (Wildman–Crippen LogP) is 1.73. The fourth-order valence-electron chi connectivity index (χ4n) is 2.75. The molecular weight excluding hydrogens is 200 g/mol. The normalized spacial score (nSPS) is 29.2. The van der Waals surface area contributed by atoms with Crippen LogP contribution < -0.4 is 5.32 Å². The van der Waals surface area contributed by atoms with Gasteiger partial charge in [-0.1, -0.05) is 20.8 Å². The van der Waals surface area contributed by atoms with Crippen molar-refractivity contribution in [1.82, 2.24) is 10.2 Å². The lowest BCUT2D eigenvalue weighted by Gasteiger charge is -2.41. The number of nitrogens with zero attached hydrogens (tertiary/aromatic N) is 1. The van der Waals surface area contributed by atoms with Crippen molar-refractivity contribution in [3.05, 3.63) is 0 Å². The minimum Gasteiger partial charge on any atom is -0.383 e. The van der Waals surface area contributed by atoms with E-state index in [-0.39, 0.29) is 0 Å². The molecule has 3 unspecified atom stereocenters. The molecule has 3 heteroatoms. The number of rotatable bonds is 6. The zero-order chi connectivity index (χ0) is 12.0. The van der Waals surface area contributed by atoms with Crippen molar-refractivity contribution in [3.63, 3.8) is 0 Å². The molecule has 0 radical (unpaired) electrons. The number of hydrogen-bond acceptors (Lipinski definition) is 3. The fourth-order valence-corrected chi connectivity index (χ4v) is 2.75. The van der Waals surface area contributed by atoms with E-state index in [1.807, 2.05) is 0 Å². The first kappa shape index (κ1) is 13.9. The van der Waals surface area contributed by atoms with E-state index in [1.54, 1.807) is 7.11 Å². The lowest BCUT2D eigenvalue weighted by atomic mass is 9.92. The number of piperidine rings is 1. The Bertz CT molecular complexity index is 187. The summed E-state index contributed by atoms with van der Waals surface area (Å²) < 4.78 is 5.30. The Morgan fingerprint density at radius 3 is 2.69 bits per heavy atom. The maximum Gasteiger partial charge on any atom is 0.0617 e. The summed E-state index contributed by atoms with van der Waals surface area (Å²) in [5.41, 5.74) is 0. The van der Waals surface area contributed by atoms with Gasteiger partial charge in [0.2, 0.25) is 0 Å². The molecule has 1 aliphatic heterocycles. The molecule has 1 rings (SSSR count). The van der Waals surface area contributed by atoms with Crippen LogP contribution in [0.3, 0.4) is 0 Å². The molecule has 0 saturated carbocycles. The number of likely N-dealkylation sites (tertiary alicyclic amines) is 1. The summed E-state index contributed by atoms with van der Waals surface area (Å²) in [5, 5.41) is 3.59. The van der Waals surface area contributed by atoms with E-state index in [2.05, 4.69) is 31.0 Å². The number of ether oxygens (including phenoxy) is 1. The predicted molar refractivity (Wildman–Crippen MR) is 68.8 cm³/mol. The second kappa shape index (κ2) is 7.25. The zero-order valence-electron chi connectivity index (χ0n) is 11.3. The van der Waals surface area contributed by atoms with Crippen LogP contribution in [-0.2, 0) is 4.74 Å². The van der Waals surface area contributed by atoms with Gasteiger partial charge in [0.05, 0.1) is 6.61 Å². The Hall–Kier alpha value is -0.120. The molecule has 0 aromatic heterocycles. The molecule has 1 heterocycles. The number of nitrogens with one attached hydrogen (secondary N) is 1. The Morgan fingerprint density at radius 1 is 1.44 bits per heavy atom. The molecule has 3 atom stereocenters. The molecule has 0 aromatic carbocycles. The van der Waals surface area contributed by atoms with Gasteiger partial charge in [-0.15, -0.1) is 0 Å². The Labute approximate surface area is 101 Å². The third-order valence-corrected chi connectivity index (χ3v) is 3.75. The summed E-state index contributed by atoms with van der Waals surface area (Å²) in [6, 6.07) is 1.32. The molecule has 96 valence electrons. The van der Waals surface area contributed by atoms with Crippen LogP contribution in [0.25, 0.3) is 0 Å². The topological polar surface area (TPSA) is 24.5 Å². The Morgan fingerprint density at radius 2 is 2.19 bits per heavy atom. The lowest BCUT2D eigenvalue weighted by Crippen LogP contribution is -2.52. The minimum absolute atomic E-state index is 0.607. The molecule has 1 saturated heterocycles. The van der Waals surface area contributed by atoms with Crippen LogP contribution >= 0.6 is 0 Å². The second-order valence-electron chi connectivity index (χ2n) is 4.94. The first-order chi connectivity index (χ1) is 7.72. The molecule has 16 heavy (non-hydrogen) atoms. The Balaban J connectivity index is 2.42. The Kier molecular flexibility index (Phi) is 6.32. The smallest absolute Gasteiger partial charge is 0.0617 e. The van der Waals surface area contributed by atoms with Crippen molar-refractivity contribution in [2.24, 2.45) is 5.92 Å². The van der Waals surface area contributed by atoms with Gasteiger partial charge in [-0.3, -0.25) is 4.90 Å². The summed E-state index contributed by atoms with van der Waals surface area (Å²) in [7, 11) is 1.80. The van der Waals surface area contributed by atoms with Crippen LogP contribution in [0.2, 0.25) is 0 Å². The van der Waals surface area contributed by atoms with E-state index in [9.17, 15) is 0 Å². The van der Waals surface area contributed by atoms with Crippen molar-refractivity contribution in [2.45, 2.75) is 45.7 Å². The summed E-state index contributed by atoms with van der Waals surface area (Å²) in [4.78, 5) is 2.60. The number of methoxy groups -OCH3 is 1. The summed E-state index contributed by atoms with van der Waals surface area (Å²) >= 11 is 0. The van der Waals surface area contributed by atoms with E-state index in [4.69, 9.17) is 4.74 Å².